The molecule has 1 saturated heterocycles. The molecule has 0 aliphatic carbocycles. The predicted molar refractivity (Wildman–Crippen MR) is 82.2 cm³/mol. The van der Waals surface area contributed by atoms with Crippen LogP contribution in [0.1, 0.15) is 0 Å². The number of hydrogen-bond acceptors (Lipinski definition) is 12. The zero-order valence-corrected chi connectivity index (χ0v) is 17.4. The molecule has 0 amide bonds. The standard InChI is InChI=1S/C8H20O12P4/c1-13-21(9,14-2)7-19-8(22(10,15-3)16-4)24(12,18-6)20-23(7,11)17-5/h7-8H,1-6H3. The quantitative estimate of drug-likeness (QED) is 0.520. The van der Waals surface area contributed by atoms with Gasteiger partial charge in [0.25, 0.3) is 11.2 Å². The molecule has 4 atom stereocenters. The van der Waals surface area contributed by atoms with Gasteiger partial charge in [0.05, 0.1) is 0 Å². The molecule has 0 radical (unpaired) electrons. The topological polar surface area (TPSA) is 142 Å². The maximum absolute atomic E-state index is 12.8. The molecule has 4 unspecified atom stereocenters. The lowest BCUT2D eigenvalue weighted by atomic mass is 11.5. The summed E-state index contributed by atoms with van der Waals surface area (Å²) in [4.78, 5) is 0. The molecule has 1 heterocycles. The first-order valence-electron chi connectivity index (χ1n) is 6.14. The van der Waals surface area contributed by atoms with Crippen LogP contribution in [0.15, 0.2) is 0 Å². The van der Waals surface area contributed by atoms with Crippen molar-refractivity contribution in [3.63, 3.8) is 0 Å². The van der Waals surface area contributed by atoms with Gasteiger partial charge in [-0.2, -0.15) is 0 Å². The molecule has 16 heteroatoms. The molecule has 1 aliphatic rings. The molecule has 1 fully saturated rings. The Bertz CT molecular complexity index is 565. The Kier molecular flexibility index (Phi) is 7.63. The lowest BCUT2D eigenvalue weighted by Crippen LogP contribution is -2.31. The van der Waals surface area contributed by atoms with Gasteiger partial charge in [0, 0.05) is 42.7 Å². The van der Waals surface area contributed by atoms with Crippen molar-refractivity contribution in [2.45, 2.75) is 11.2 Å². The van der Waals surface area contributed by atoms with Gasteiger partial charge in [-0.25, -0.2) is 4.31 Å². The van der Waals surface area contributed by atoms with E-state index < -0.39 is 41.6 Å². The second-order valence-electron chi connectivity index (χ2n) is 4.13. The second-order valence-corrected chi connectivity index (χ2v) is 14.0. The number of hydrogen-bond donors (Lipinski definition) is 0. The van der Waals surface area contributed by atoms with E-state index in [4.69, 9.17) is 36.2 Å². The number of ether oxygens (including phenoxy) is 1. The van der Waals surface area contributed by atoms with Gasteiger partial charge >= 0.3 is 30.4 Å². The average Bonchev–Trinajstić information content (AvgIpc) is 2.60. The highest BCUT2D eigenvalue weighted by molar-refractivity contribution is 7.81. The van der Waals surface area contributed by atoms with Crippen LogP contribution in [0.2, 0.25) is 0 Å². The predicted octanol–water partition coefficient (Wildman–Crippen LogP) is 3.25. The van der Waals surface area contributed by atoms with E-state index in [9.17, 15) is 18.3 Å². The van der Waals surface area contributed by atoms with Crippen LogP contribution in [-0.4, -0.2) is 53.8 Å². The van der Waals surface area contributed by atoms with Crippen molar-refractivity contribution in [1.82, 2.24) is 0 Å². The van der Waals surface area contributed by atoms with Gasteiger partial charge in [-0.3, -0.25) is 18.3 Å². The fourth-order valence-electron chi connectivity index (χ4n) is 1.75. The highest BCUT2D eigenvalue weighted by Gasteiger charge is 2.67. The van der Waals surface area contributed by atoms with Crippen LogP contribution in [-0.2, 0) is 54.5 Å². The van der Waals surface area contributed by atoms with Gasteiger partial charge in [-0.1, -0.05) is 0 Å². The van der Waals surface area contributed by atoms with Crippen LogP contribution in [0.3, 0.4) is 0 Å². The maximum atomic E-state index is 12.8. The minimum absolute atomic E-state index is 0.944. The Labute approximate surface area is 139 Å². The smallest absolute Gasteiger partial charge is 0.327 e. The molecule has 1 aliphatic heterocycles. The number of rotatable bonds is 8. The summed E-state index contributed by atoms with van der Waals surface area (Å²) < 4.78 is 89.4. The van der Waals surface area contributed by atoms with E-state index in [2.05, 4.69) is 0 Å². The summed E-state index contributed by atoms with van der Waals surface area (Å²) in [6.07, 6.45) is 0. The largest absolute Gasteiger partial charge is 0.378 e. The summed E-state index contributed by atoms with van der Waals surface area (Å²) in [5.41, 5.74) is -3.99. The van der Waals surface area contributed by atoms with Crippen molar-refractivity contribution < 1.29 is 54.5 Å². The molecule has 0 bridgehead atoms. The molecule has 0 saturated carbocycles. The first kappa shape index (κ1) is 22.6. The van der Waals surface area contributed by atoms with Gasteiger partial charge in [-0.05, 0) is 0 Å². The Morgan fingerprint density at radius 2 is 1.00 bits per heavy atom. The zero-order chi connectivity index (χ0) is 18.8. The van der Waals surface area contributed by atoms with E-state index in [0.29, 0.717) is 0 Å². The molecule has 0 aromatic heterocycles. The van der Waals surface area contributed by atoms with Gasteiger partial charge in [-0.15, -0.1) is 0 Å². The second kappa shape index (κ2) is 8.09. The van der Waals surface area contributed by atoms with Crippen LogP contribution in [0.4, 0.5) is 0 Å². The third-order valence-electron chi connectivity index (χ3n) is 3.08. The molecule has 12 nitrogen and oxygen atoms in total. The van der Waals surface area contributed by atoms with Crippen molar-refractivity contribution in [1.29, 1.82) is 0 Å². The van der Waals surface area contributed by atoms with Crippen molar-refractivity contribution >= 4 is 30.4 Å². The van der Waals surface area contributed by atoms with Gasteiger partial charge in [0.1, 0.15) is 0 Å². The van der Waals surface area contributed by atoms with Crippen LogP contribution < -0.4 is 0 Å². The fraction of sp³-hybridized carbons (Fsp3) is 1.00. The summed E-state index contributed by atoms with van der Waals surface area (Å²) in [7, 11) is -11.5. The van der Waals surface area contributed by atoms with Gasteiger partial charge < -0.3 is 31.9 Å². The van der Waals surface area contributed by atoms with Gasteiger partial charge in [0.2, 0.25) is 0 Å². The summed E-state index contributed by atoms with van der Waals surface area (Å²) in [5, 5.41) is 0. The maximum Gasteiger partial charge on any atom is 0.378 e. The molecule has 0 N–H and O–H groups in total. The van der Waals surface area contributed by atoms with E-state index in [0.717, 1.165) is 42.7 Å². The first-order chi connectivity index (χ1) is 11.0. The highest BCUT2D eigenvalue weighted by atomic mass is 31.3. The molecular weight excluding hydrogens is 412 g/mol. The summed E-state index contributed by atoms with van der Waals surface area (Å²) in [5.74, 6) is 0. The lowest BCUT2D eigenvalue weighted by Gasteiger charge is -2.40. The van der Waals surface area contributed by atoms with E-state index in [1.54, 1.807) is 0 Å². The van der Waals surface area contributed by atoms with Crippen LogP contribution in [0.25, 0.3) is 0 Å². The Hall–Kier alpha value is 0.600. The monoisotopic (exact) mass is 432 g/mol. The summed E-state index contributed by atoms with van der Waals surface area (Å²) >= 11 is 0. The SMILES string of the molecule is COP(=O)(OC)C1OC(P(=O)(OC)OC)P(=O)(OC)OP1(=O)OC. The van der Waals surface area contributed by atoms with Crippen molar-refractivity contribution in [2.24, 2.45) is 0 Å². The molecule has 0 aromatic rings. The first-order valence-corrected chi connectivity index (χ1v) is 12.6. The Morgan fingerprint density at radius 1 is 0.708 bits per heavy atom. The van der Waals surface area contributed by atoms with Gasteiger partial charge in [0.15, 0.2) is 0 Å². The van der Waals surface area contributed by atoms with Crippen molar-refractivity contribution in [2.75, 3.05) is 42.7 Å². The van der Waals surface area contributed by atoms with Crippen molar-refractivity contribution in [3.05, 3.63) is 0 Å². The minimum atomic E-state index is -4.48. The third kappa shape index (κ3) is 3.81. The van der Waals surface area contributed by atoms with Crippen molar-refractivity contribution in [3.8, 4) is 0 Å². The third-order valence-corrected chi connectivity index (χ3v) is 14.0. The minimum Gasteiger partial charge on any atom is -0.327 e. The molecule has 1 rings (SSSR count). The Morgan fingerprint density at radius 3 is 1.21 bits per heavy atom. The zero-order valence-electron chi connectivity index (χ0n) is 13.8. The van der Waals surface area contributed by atoms with Crippen LogP contribution in [0.5, 0.6) is 0 Å². The fourth-order valence-corrected chi connectivity index (χ4v) is 12.3. The molecule has 144 valence electrons. The van der Waals surface area contributed by atoms with E-state index in [1.165, 1.54) is 0 Å². The normalized spacial score (nSPS) is 35.1. The lowest BCUT2D eigenvalue weighted by molar-refractivity contribution is 0.0615. The van der Waals surface area contributed by atoms with E-state index in [1.807, 2.05) is 0 Å². The molecule has 0 aromatic carbocycles. The van der Waals surface area contributed by atoms with Crippen LogP contribution in [0, 0.1) is 0 Å². The Balaban J connectivity index is 3.54. The average molecular weight is 432 g/mol. The van der Waals surface area contributed by atoms with E-state index in [-0.39, 0.29) is 0 Å². The summed E-state index contributed by atoms with van der Waals surface area (Å²) in [6, 6.07) is 0. The molecule has 24 heavy (non-hydrogen) atoms. The molecular formula is C8H20O12P4. The van der Waals surface area contributed by atoms with E-state index >= 15 is 0 Å². The van der Waals surface area contributed by atoms with Crippen LogP contribution >= 0.6 is 30.4 Å². The highest BCUT2D eigenvalue weighted by Crippen LogP contribution is 2.85. The molecule has 0 spiro atoms. The summed E-state index contributed by atoms with van der Waals surface area (Å²) in [6.45, 7) is 0.